The highest BCUT2D eigenvalue weighted by atomic mass is 16.1. The number of aryl methyl sites for hydroxylation is 1. The summed E-state index contributed by atoms with van der Waals surface area (Å²) in [5.41, 5.74) is 7.21. The maximum Gasteiger partial charge on any atom is 0.253 e. The molecule has 0 bridgehead atoms. The van der Waals surface area contributed by atoms with Gasteiger partial charge in [0.1, 0.15) is 0 Å². The Morgan fingerprint density at radius 2 is 1.66 bits per heavy atom. The van der Waals surface area contributed by atoms with Gasteiger partial charge in [-0.2, -0.15) is 0 Å². The van der Waals surface area contributed by atoms with Crippen LogP contribution in [0.15, 0.2) is 72.9 Å². The van der Waals surface area contributed by atoms with Crippen molar-refractivity contribution in [2.75, 3.05) is 11.9 Å². The van der Waals surface area contributed by atoms with Crippen LogP contribution in [0.1, 0.15) is 27.0 Å². The number of rotatable bonds is 6. The molecule has 0 aliphatic rings. The van der Waals surface area contributed by atoms with Crippen molar-refractivity contribution in [2.24, 2.45) is 0 Å². The molecule has 4 heteroatoms. The van der Waals surface area contributed by atoms with Crippen LogP contribution in [0.5, 0.6) is 0 Å². The van der Waals surface area contributed by atoms with Gasteiger partial charge < -0.3 is 15.6 Å². The van der Waals surface area contributed by atoms with E-state index in [4.69, 9.17) is 0 Å². The third kappa shape index (κ3) is 4.02. The summed E-state index contributed by atoms with van der Waals surface area (Å²) in [5, 5.41) is 7.69. The van der Waals surface area contributed by atoms with E-state index in [1.54, 1.807) is 0 Å². The summed E-state index contributed by atoms with van der Waals surface area (Å²) in [4.78, 5) is 16.1. The summed E-state index contributed by atoms with van der Waals surface area (Å²) in [6.07, 6.45) is 2.80. The molecule has 0 aliphatic heterocycles. The van der Waals surface area contributed by atoms with Crippen LogP contribution in [0.25, 0.3) is 10.9 Å². The lowest BCUT2D eigenvalue weighted by Crippen LogP contribution is -2.26. The van der Waals surface area contributed by atoms with Crippen molar-refractivity contribution in [3.05, 3.63) is 95.2 Å². The molecule has 0 fully saturated rings. The topological polar surface area (TPSA) is 56.9 Å². The zero-order valence-corrected chi connectivity index (χ0v) is 16.8. The highest BCUT2D eigenvalue weighted by molar-refractivity contribution is 6.00. The molecule has 1 amide bonds. The van der Waals surface area contributed by atoms with Gasteiger partial charge >= 0.3 is 0 Å². The van der Waals surface area contributed by atoms with Gasteiger partial charge in [0.2, 0.25) is 0 Å². The smallest absolute Gasteiger partial charge is 0.253 e. The molecule has 1 aromatic heterocycles. The van der Waals surface area contributed by atoms with Crippen molar-refractivity contribution in [3.8, 4) is 0 Å². The first kappa shape index (κ1) is 18.8. The van der Waals surface area contributed by atoms with E-state index in [2.05, 4.69) is 47.7 Å². The Kier molecular flexibility index (Phi) is 5.34. The second kappa shape index (κ2) is 8.23. The van der Waals surface area contributed by atoms with Crippen LogP contribution in [0.4, 0.5) is 11.4 Å². The van der Waals surface area contributed by atoms with E-state index in [9.17, 15) is 4.79 Å². The van der Waals surface area contributed by atoms with E-state index in [-0.39, 0.29) is 5.91 Å². The summed E-state index contributed by atoms with van der Waals surface area (Å²) in [6.45, 7) is 4.75. The Bertz CT molecular complexity index is 1160. The van der Waals surface area contributed by atoms with Gasteiger partial charge in [-0.15, -0.1) is 0 Å². The van der Waals surface area contributed by atoms with Gasteiger partial charge in [-0.25, -0.2) is 0 Å². The Balaban J connectivity index is 1.46. The number of anilines is 2. The number of carbonyl (C=O) groups excluding carboxylic acids is 1. The minimum absolute atomic E-state index is 0.0711. The zero-order valence-electron chi connectivity index (χ0n) is 16.8. The largest absolute Gasteiger partial charge is 0.361 e. The van der Waals surface area contributed by atoms with E-state index >= 15 is 0 Å². The van der Waals surface area contributed by atoms with Crippen molar-refractivity contribution in [2.45, 2.75) is 20.3 Å². The lowest BCUT2D eigenvalue weighted by atomic mass is 10.1. The number of hydrogen-bond acceptors (Lipinski definition) is 2. The first-order valence-electron chi connectivity index (χ1n) is 9.89. The molecule has 4 nitrogen and oxygen atoms in total. The number of hydrogen-bond donors (Lipinski definition) is 3. The van der Waals surface area contributed by atoms with Crippen molar-refractivity contribution in [1.29, 1.82) is 0 Å². The second-order valence-electron chi connectivity index (χ2n) is 7.28. The van der Waals surface area contributed by atoms with Crippen molar-refractivity contribution in [3.63, 3.8) is 0 Å². The van der Waals surface area contributed by atoms with Crippen LogP contribution < -0.4 is 10.6 Å². The molecule has 4 aromatic rings. The van der Waals surface area contributed by atoms with Gasteiger partial charge in [0.25, 0.3) is 5.91 Å². The van der Waals surface area contributed by atoms with E-state index in [1.807, 2.05) is 54.7 Å². The number of H-pyrrole nitrogens is 1. The van der Waals surface area contributed by atoms with Crippen LogP contribution in [0, 0.1) is 13.8 Å². The molecule has 0 saturated carbocycles. The molecule has 0 spiro atoms. The third-order valence-corrected chi connectivity index (χ3v) is 5.40. The number of amides is 1. The molecule has 0 atom stereocenters. The molecule has 4 rings (SSSR count). The number of fused-ring (bicyclic) bond motifs is 1. The molecule has 0 saturated heterocycles. The van der Waals surface area contributed by atoms with E-state index in [1.165, 1.54) is 22.1 Å². The van der Waals surface area contributed by atoms with Gasteiger partial charge in [0.15, 0.2) is 0 Å². The molecule has 0 unspecified atom stereocenters. The number of carbonyl (C=O) groups is 1. The van der Waals surface area contributed by atoms with Crippen molar-refractivity contribution < 1.29 is 4.79 Å². The molecular formula is C25H25N3O. The third-order valence-electron chi connectivity index (χ3n) is 5.40. The Hall–Kier alpha value is -3.53. The molecule has 0 radical (unpaired) electrons. The predicted octanol–water partition coefficient (Wildman–Crippen LogP) is 5.50. The normalized spacial score (nSPS) is 10.8. The standard InChI is InChI=1S/C25H25N3O/c1-17-8-7-13-22(18(17)2)28-24-12-6-4-10-21(24)25(29)26-15-14-19-16-27-23-11-5-3-9-20(19)23/h3-13,16,27-28H,14-15H2,1-2H3,(H,26,29). The molecule has 1 heterocycles. The highest BCUT2D eigenvalue weighted by Crippen LogP contribution is 2.25. The van der Waals surface area contributed by atoms with Crippen molar-refractivity contribution in [1.82, 2.24) is 10.3 Å². The summed E-state index contributed by atoms with van der Waals surface area (Å²) in [6, 6.07) is 22.0. The van der Waals surface area contributed by atoms with E-state index in [0.717, 1.165) is 23.3 Å². The van der Waals surface area contributed by atoms with Gasteiger partial charge in [-0.3, -0.25) is 4.79 Å². The Morgan fingerprint density at radius 1 is 0.897 bits per heavy atom. The number of aromatic amines is 1. The number of para-hydroxylation sites is 2. The van der Waals surface area contributed by atoms with Crippen molar-refractivity contribution >= 4 is 28.2 Å². The Labute approximate surface area is 171 Å². The van der Waals surface area contributed by atoms with Gasteiger partial charge in [0, 0.05) is 29.3 Å². The molecule has 3 aromatic carbocycles. The highest BCUT2D eigenvalue weighted by Gasteiger charge is 2.12. The molecule has 3 N–H and O–H groups in total. The summed E-state index contributed by atoms with van der Waals surface area (Å²) in [5.74, 6) is -0.0711. The van der Waals surface area contributed by atoms with Crippen LogP contribution in [-0.4, -0.2) is 17.4 Å². The minimum atomic E-state index is -0.0711. The Morgan fingerprint density at radius 3 is 2.55 bits per heavy atom. The van der Waals surface area contributed by atoms with E-state index in [0.29, 0.717) is 12.1 Å². The average molecular weight is 383 g/mol. The molecule has 146 valence electrons. The predicted molar refractivity (Wildman–Crippen MR) is 120 cm³/mol. The van der Waals surface area contributed by atoms with Gasteiger partial charge in [-0.1, -0.05) is 42.5 Å². The fraction of sp³-hybridized carbons (Fsp3) is 0.160. The van der Waals surface area contributed by atoms with Crippen LogP contribution in [0.2, 0.25) is 0 Å². The fourth-order valence-corrected chi connectivity index (χ4v) is 3.57. The summed E-state index contributed by atoms with van der Waals surface area (Å²) in [7, 11) is 0. The average Bonchev–Trinajstić information content (AvgIpc) is 3.15. The number of nitrogens with one attached hydrogen (secondary N) is 3. The fourth-order valence-electron chi connectivity index (χ4n) is 3.57. The first-order valence-corrected chi connectivity index (χ1v) is 9.89. The lowest BCUT2D eigenvalue weighted by molar-refractivity contribution is 0.0955. The van der Waals surface area contributed by atoms with Crippen LogP contribution in [-0.2, 0) is 6.42 Å². The quantitative estimate of drug-likeness (QED) is 0.412. The first-order chi connectivity index (χ1) is 14.1. The monoisotopic (exact) mass is 383 g/mol. The SMILES string of the molecule is Cc1cccc(Nc2ccccc2C(=O)NCCc2c[nH]c3ccccc23)c1C. The van der Waals surface area contributed by atoms with E-state index < -0.39 is 0 Å². The second-order valence-corrected chi connectivity index (χ2v) is 7.28. The maximum atomic E-state index is 12.8. The summed E-state index contributed by atoms with van der Waals surface area (Å²) < 4.78 is 0. The van der Waals surface area contributed by atoms with Gasteiger partial charge in [0.05, 0.1) is 11.3 Å². The molecule has 0 aliphatic carbocycles. The van der Waals surface area contributed by atoms with Crippen LogP contribution >= 0.6 is 0 Å². The number of aromatic nitrogens is 1. The summed E-state index contributed by atoms with van der Waals surface area (Å²) >= 11 is 0. The zero-order chi connectivity index (χ0) is 20.2. The molecule has 29 heavy (non-hydrogen) atoms. The minimum Gasteiger partial charge on any atom is -0.361 e. The van der Waals surface area contributed by atoms with Crippen LogP contribution in [0.3, 0.4) is 0 Å². The maximum absolute atomic E-state index is 12.8. The van der Waals surface area contributed by atoms with Gasteiger partial charge in [-0.05, 0) is 61.2 Å². The lowest BCUT2D eigenvalue weighted by Gasteiger charge is -2.15. The molecular weight excluding hydrogens is 358 g/mol. The number of benzene rings is 3.